The van der Waals surface area contributed by atoms with Gasteiger partial charge in [0.25, 0.3) is 5.91 Å². The molecule has 1 aliphatic heterocycles. The average molecular weight is 369 g/mol. The van der Waals surface area contributed by atoms with Crippen molar-refractivity contribution in [2.45, 2.75) is 11.1 Å². The fourth-order valence-corrected chi connectivity index (χ4v) is 3.49. The quantitative estimate of drug-likeness (QED) is 0.897. The molecule has 6 nitrogen and oxygen atoms in total. The lowest BCUT2D eigenvalue weighted by atomic mass is 10.0. The van der Waals surface area contributed by atoms with Crippen LogP contribution in [0.15, 0.2) is 45.9 Å². The van der Waals surface area contributed by atoms with Gasteiger partial charge in [-0.3, -0.25) is 4.79 Å². The van der Waals surface area contributed by atoms with Gasteiger partial charge < -0.3 is 14.6 Å². The molecule has 3 rings (SSSR count). The Balaban J connectivity index is 1.90. The Morgan fingerprint density at radius 3 is 2.79 bits per heavy atom. The van der Waals surface area contributed by atoms with Crippen molar-refractivity contribution in [1.82, 2.24) is 10.2 Å². The SMILES string of the molecule is CS(=O)(=O)c1ccc(C(=O)N2CCNCC2c2cccc(Cl)c2)o1. The largest absolute Gasteiger partial charge is 0.440 e. The van der Waals surface area contributed by atoms with Gasteiger partial charge in [0.05, 0.1) is 6.04 Å². The van der Waals surface area contributed by atoms with Crippen LogP contribution in [0.2, 0.25) is 5.02 Å². The number of sulfone groups is 1. The van der Waals surface area contributed by atoms with Gasteiger partial charge in [0.15, 0.2) is 5.76 Å². The molecule has 1 amide bonds. The summed E-state index contributed by atoms with van der Waals surface area (Å²) in [7, 11) is -3.48. The van der Waals surface area contributed by atoms with Crippen molar-refractivity contribution in [3.63, 3.8) is 0 Å². The maximum atomic E-state index is 12.8. The third-order valence-electron chi connectivity index (χ3n) is 3.90. The minimum absolute atomic E-state index is 0.0179. The second-order valence-electron chi connectivity index (χ2n) is 5.66. The predicted molar refractivity (Wildman–Crippen MR) is 89.9 cm³/mol. The molecule has 2 aromatic rings. The summed E-state index contributed by atoms with van der Waals surface area (Å²) in [6.07, 6.45) is 1.04. The zero-order valence-corrected chi connectivity index (χ0v) is 14.6. The molecule has 128 valence electrons. The molecule has 0 radical (unpaired) electrons. The van der Waals surface area contributed by atoms with Crippen molar-refractivity contribution >= 4 is 27.3 Å². The highest BCUT2D eigenvalue weighted by Crippen LogP contribution is 2.27. The zero-order valence-electron chi connectivity index (χ0n) is 13.0. The lowest BCUT2D eigenvalue weighted by molar-refractivity contribution is 0.0596. The van der Waals surface area contributed by atoms with Crippen LogP contribution >= 0.6 is 11.6 Å². The maximum Gasteiger partial charge on any atom is 0.290 e. The second kappa shape index (κ2) is 6.58. The summed E-state index contributed by atoms with van der Waals surface area (Å²) >= 11 is 6.05. The van der Waals surface area contributed by atoms with E-state index in [1.54, 1.807) is 11.0 Å². The molecule has 0 saturated carbocycles. The standard InChI is InChI=1S/C16H17ClN2O4S/c1-24(21,22)15-6-5-14(23-15)16(20)19-8-7-18-10-13(19)11-3-2-4-12(17)9-11/h2-6,9,13,18H,7-8,10H2,1H3. The van der Waals surface area contributed by atoms with E-state index in [9.17, 15) is 13.2 Å². The van der Waals surface area contributed by atoms with Gasteiger partial charge in [-0.1, -0.05) is 23.7 Å². The summed E-state index contributed by atoms with van der Waals surface area (Å²) in [5.74, 6) is -0.319. The van der Waals surface area contributed by atoms with Crippen LogP contribution in [-0.2, 0) is 9.84 Å². The van der Waals surface area contributed by atoms with Crippen LogP contribution in [-0.4, -0.2) is 45.1 Å². The molecule has 1 N–H and O–H groups in total. The Labute approximate surface area is 145 Å². The highest BCUT2D eigenvalue weighted by Gasteiger charge is 2.31. The molecule has 2 heterocycles. The van der Waals surface area contributed by atoms with Crippen LogP contribution in [0, 0.1) is 0 Å². The number of hydrogen-bond donors (Lipinski definition) is 1. The summed E-state index contributed by atoms with van der Waals surface area (Å²) in [6, 6.07) is 9.85. The lowest BCUT2D eigenvalue weighted by Crippen LogP contribution is -2.48. The molecule has 1 aromatic carbocycles. The first kappa shape index (κ1) is 17.0. The van der Waals surface area contributed by atoms with Gasteiger partial charge >= 0.3 is 0 Å². The lowest BCUT2D eigenvalue weighted by Gasteiger charge is -2.36. The molecule has 8 heteroatoms. The van der Waals surface area contributed by atoms with Crippen LogP contribution in [0.4, 0.5) is 0 Å². The Kier molecular flexibility index (Phi) is 4.67. The Bertz CT molecular complexity index is 862. The molecule has 1 atom stereocenters. The van der Waals surface area contributed by atoms with E-state index >= 15 is 0 Å². The van der Waals surface area contributed by atoms with Crippen molar-refractivity contribution in [3.05, 3.63) is 52.7 Å². The van der Waals surface area contributed by atoms with Gasteiger partial charge in [-0.05, 0) is 29.8 Å². The fourth-order valence-electron chi connectivity index (χ4n) is 2.73. The van der Waals surface area contributed by atoms with Crippen LogP contribution in [0.3, 0.4) is 0 Å². The minimum Gasteiger partial charge on any atom is -0.440 e. The van der Waals surface area contributed by atoms with Gasteiger partial charge in [0.1, 0.15) is 0 Å². The molecule has 0 spiro atoms. The molecular formula is C16H17ClN2O4S. The van der Waals surface area contributed by atoms with E-state index in [0.717, 1.165) is 11.8 Å². The second-order valence-corrected chi connectivity index (χ2v) is 8.05. The van der Waals surface area contributed by atoms with E-state index in [2.05, 4.69) is 5.32 Å². The highest BCUT2D eigenvalue weighted by atomic mass is 35.5. The summed E-state index contributed by atoms with van der Waals surface area (Å²) < 4.78 is 28.3. The Morgan fingerprint density at radius 1 is 1.33 bits per heavy atom. The number of nitrogens with one attached hydrogen (secondary N) is 1. The van der Waals surface area contributed by atoms with Gasteiger partial charge in [-0.25, -0.2) is 8.42 Å². The topological polar surface area (TPSA) is 79.6 Å². The van der Waals surface area contributed by atoms with E-state index in [-0.39, 0.29) is 22.8 Å². The first-order chi connectivity index (χ1) is 11.4. The van der Waals surface area contributed by atoms with Gasteiger partial charge in [-0.15, -0.1) is 0 Å². The van der Waals surface area contributed by atoms with Gasteiger partial charge in [0.2, 0.25) is 14.9 Å². The van der Waals surface area contributed by atoms with Crippen molar-refractivity contribution < 1.29 is 17.6 Å². The third kappa shape index (κ3) is 3.48. The van der Waals surface area contributed by atoms with Crippen LogP contribution < -0.4 is 5.32 Å². The number of furan rings is 1. The third-order valence-corrected chi connectivity index (χ3v) is 5.08. The number of nitrogens with zero attached hydrogens (tertiary/aromatic N) is 1. The van der Waals surface area contributed by atoms with Crippen LogP contribution in [0.5, 0.6) is 0 Å². The number of carbonyl (C=O) groups excluding carboxylic acids is 1. The Hall–Kier alpha value is -1.83. The molecule has 1 fully saturated rings. The van der Waals surface area contributed by atoms with Crippen LogP contribution in [0.25, 0.3) is 0 Å². The Morgan fingerprint density at radius 2 is 2.12 bits per heavy atom. The van der Waals surface area contributed by atoms with Crippen molar-refractivity contribution in [2.24, 2.45) is 0 Å². The first-order valence-electron chi connectivity index (χ1n) is 7.43. The smallest absolute Gasteiger partial charge is 0.290 e. The van der Waals surface area contributed by atoms with E-state index in [1.165, 1.54) is 12.1 Å². The first-order valence-corrected chi connectivity index (χ1v) is 9.70. The molecule has 0 aliphatic carbocycles. The summed E-state index contributed by atoms with van der Waals surface area (Å²) in [4.78, 5) is 14.5. The normalized spacial score (nSPS) is 18.6. The van der Waals surface area contributed by atoms with E-state index in [1.807, 2.05) is 18.2 Å². The summed E-state index contributed by atoms with van der Waals surface area (Å²) in [6.45, 7) is 1.74. The zero-order chi connectivity index (χ0) is 17.3. The minimum atomic E-state index is -3.48. The summed E-state index contributed by atoms with van der Waals surface area (Å²) in [5, 5.41) is 3.65. The fraction of sp³-hybridized carbons (Fsp3) is 0.312. The molecule has 24 heavy (non-hydrogen) atoms. The number of amides is 1. The van der Waals surface area contributed by atoms with E-state index in [4.69, 9.17) is 16.0 Å². The average Bonchev–Trinajstić information content (AvgIpc) is 3.04. The van der Waals surface area contributed by atoms with Crippen LogP contribution in [0.1, 0.15) is 22.2 Å². The number of piperazine rings is 1. The van der Waals surface area contributed by atoms with E-state index < -0.39 is 9.84 Å². The number of halogens is 1. The number of carbonyl (C=O) groups is 1. The number of hydrogen-bond acceptors (Lipinski definition) is 5. The van der Waals surface area contributed by atoms with Crippen molar-refractivity contribution in [1.29, 1.82) is 0 Å². The van der Waals surface area contributed by atoms with Gasteiger partial charge in [-0.2, -0.15) is 0 Å². The molecular weight excluding hydrogens is 352 g/mol. The van der Waals surface area contributed by atoms with Crippen molar-refractivity contribution in [3.8, 4) is 0 Å². The molecule has 1 aliphatic rings. The monoisotopic (exact) mass is 368 g/mol. The molecule has 1 saturated heterocycles. The van der Waals surface area contributed by atoms with Crippen molar-refractivity contribution in [2.75, 3.05) is 25.9 Å². The van der Waals surface area contributed by atoms with E-state index in [0.29, 0.717) is 24.7 Å². The highest BCUT2D eigenvalue weighted by molar-refractivity contribution is 7.90. The molecule has 1 aromatic heterocycles. The number of benzene rings is 1. The number of rotatable bonds is 3. The molecule has 1 unspecified atom stereocenters. The summed E-state index contributed by atoms with van der Waals surface area (Å²) in [5.41, 5.74) is 0.915. The maximum absolute atomic E-state index is 12.8. The predicted octanol–water partition coefficient (Wildman–Crippen LogP) is 2.12. The molecule has 0 bridgehead atoms. The van der Waals surface area contributed by atoms with Gasteiger partial charge in [0, 0.05) is 30.9 Å².